The zero-order chi connectivity index (χ0) is 18.9. The fraction of sp³-hybridized carbons (Fsp3) is 0.273. The fourth-order valence-electron chi connectivity index (χ4n) is 3.36. The van der Waals surface area contributed by atoms with Gasteiger partial charge in [0.05, 0.1) is 0 Å². The predicted molar refractivity (Wildman–Crippen MR) is 101 cm³/mol. The summed E-state index contributed by atoms with van der Waals surface area (Å²) in [5.74, 6) is -3.86. The normalized spacial score (nSPS) is 14.0. The van der Waals surface area contributed by atoms with Crippen molar-refractivity contribution in [2.75, 3.05) is 6.61 Å². The van der Waals surface area contributed by atoms with Crippen molar-refractivity contribution in [3.63, 3.8) is 0 Å². The number of ether oxygens (including phenoxy) is 1. The topological polar surface area (TPSA) is 63.6 Å². The Bertz CT molecular complexity index is 724. The van der Waals surface area contributed by atoms with Crippen LogP contribution in [0.15, 0.2) is 73.3 Å². The van der Waals surface area contributed by atoms with E-state index in [1.165, 1.54) is 6.08 Å². The molecule has 0 bridgehead atoms. The second kappa shape index (κ2) is 9.56. The molecule has 1 N–H and O–H groups in total. The number of rotatable bonds is 9. The molecule has 0 spiro atoms. The van der Waals surface area contributed by atoms with Gasteiger partial charge in [-0.3, -0.25) is 9.59 Å². The van der Waals surface area contributed by atoms with Gasteiger partial charge in [0.15, 0.2) is 5.92 Å². The third-order valence-corrected chi connectivity index (χ3v) is 4.51. The maximum Gasteiger partial charge on any atom is 0.321 e. The molecule has 26 heavy (non-hydrogen) atoms. The van der Waals surface area contributed by atoms with Gasteiger partial charge in [-0.2, -0.15) is 0 Å². The maximum atomic E-state index is 12.6. The van der Waals surface area contributed by atoms with Crippen LogP contribution in [0, 0.1) is 5.92 Å². The molecular formula is C22H24O4. The van der Waals surface area contributed by atoms with Gasteiger partial charge in [0.2, 0.25) is 0 Å². The Morgan fingerprint density at radius 2 is 1.58 bits per heavy atom. The second-order valence-electron chi connectivity index (χ2n) is 6.10. The van der Waals surface area contributed by atoms with Crippen LogP contribution in [0.3, 0.4) is 0 Å². The van der Waals surface area contributed by atoms with Crippen LogP contribution < -0.4 is 0 Å². The van der Waals surface area contributed by atoms with Gasteiger partial charge in [-0.1, -0.05) is 80.2 Å². The minimum absolute atomic E-state index is 0.00769. The highest BCUT2D eigenvalue weighted by molar-refractivity contribution is 5.95. The van der Waals surface area contributed by atoms with Crippen molar-refractivity contribution in [2.24, 2.45) is 5.92 Å². The first-order chi connectivity index (χ1) is 12.6. The Balaban J connectivity index is 2.53. The van der Waals surface area contributed by atoms with Gasteiger partial charge < -0.3 is 9.84 Å². The Labute approximate surface area is 154 Å². The number of benzene rings is 2. The average Bonchev–Trinajstić information content (AvgIpc) is 2.67. The number of esters is 1. The summed E-state index contributed by atoms with van der Waals surface area (Å²) in [5.41, 5.74) is 1.82. The summed E-state index contributed by atoms with van der Waals surface area (Å²) in [6.07, 6.45) is 2.13. The molecule has 136 valence electrons. The number of carbonyl (C=O) groups excluding carboxylic acids is 1. The smallest absolute Gasteiger partial charge is 0.321 e. The van der Waals surface area contributed by atoms with Crippen molar-refractivity contribution in [1.82, 2.24) is 0 Å². The minimum Gasteiger partial charge on any atom is -0.481 e. The number of hydrogen-bond acceptors (Lipinski definition) is 3. The summed E-state index contributed by atoms with van der Waals surface area (Å²) >= 11 is 0. The second-order valence-corrected chi connectivity index (χ2v) is 6.10. The predicted octanol–water partition coefficient (Wildman–Crippen LogP) is 4.39. The zero-order valence-corrected chi connectivity index (χ0v) is 14.9. The molecule has 2 aromatic rings. The average molecular weight is 352 g/mol. The highest BCUT2D eigenvalue weighted by atomic mass is 16.5. The van der Waals surface area contributed by atoms with E-state index in [1.807, 2.05) is 67.6 Å². The molecule has 0 saturated carbocycles. The van der Waals surface area contributed by atoms with Crippen LogP contribution in [0.5, 0.6) is 0 Å². The van der Waals surface area contributed by atoms with Crippen LogP contribution in [0.4, 0.5) is 0 Å². The van der Waals surface area contributed by atoms with Gasteiger partial charge in [-0.25, -0.2) is 0 Å². The van der Waals surface area contributed by atoms with Crippen molar-refractivity contribution in [3.05, 3.63) is 84.4 Å². The maximum absolute atomic E-state index is 12.6. The summed E-state index contributed by atoms with van der Waals surface area (Å²) in [5, 5.41) is 9.84. The monoisotopic (exact) mass is 352 g/mol. The quantitative estimate of drug-likeness (QED) is 0.413. The summed E-state index contributed by atoms with van der Waals surface area (Å²) in [6, 6.07) is 19.0. The van der Waals surface area contributed by atoms with E-state index in [9.17, 15) is 14.7 Å². The lowest BCUT2D eigenvalue weighted by molar-refractivity contribution is -0.159. The number of carbonyl (C=O) groups is 2. The van der Waals surface area contributed by atoms with Crippen LogP contribution in [-0.4, -0.2) is 23.7 Å². The first kappa shape index (κ1) is 19.4. The Morgan fingerprint density at radius 3 is 2.04 bits per heavy atom. The standard InChI is InChI=1S/C22H24O4/c1-3-15-26-22(25)20(21(23)24)19(17-13-9-6-10-14-17)18(4-2)16-11-7-5-8-12-16/h3,5-14,18-20H,1,4,15H2,2H3,(H,23,24). The van der Waals surface area contributed by atoms with Gasteiger partial charge in [0.25, 0.3) is 0 Å². The molecule has 0 aliphatic heterocycles. The largest absolute Gasteiger partial charge is 0.481 e. The van der Waals surface area contributed by atoms with Crippen molar-refractivity contribution in [1.29, 1.82) is 0 Å². The van der Waals surface area contributed by atoms with E-state index in [1.54, 1.807) is 0 Å². The van der Waals surface area contributed by atoms with E-state index < -0.39 is 23.8 Å². The third-order valence-electron chi connectivity index (χ3n) is 4.51. The number of hydrogen-bond donors (Lipinski definition) is 1. The van der Waals surface area contributed by atoms with E-state index in [0.717, 1.165) is 11.1 Å². The molecule has 0 amide bonds. The molecule has 3 unspecified atom stereocenters. The van der Waals surface area contributed by atoms with Crippen LogP contribution >= 0.6 is 0 Å². The van der Waals surface area contributed by atoms with Crippen LogP contribution in [0.25, 0.3) is 0 Å². The molecule has 0 saturated heterocycles. The number of carboxylic acids is 1. The Morgan fingerprint density at radius 1 is 1.04 bits per heavy atom. The summed E-state index contributed by atoms with van der Waals surface area (Å²) < 4.78 is 5.11. The third kappa shape index (κ3) is 4.60. The molecule has 2 rings (SSSR count). The van der Waals surface area contributed by atoms with Crippen LogP contribution in [0.2, 0.25) is 0 Å². The van der Waals surface area contributed by atoms with Gasteiger partial charge >= 0.3 is 11.9 Å². The summed E-state index contributed by atoms with van der Waals surface area (Å²) in [7, 11) is 0. The molecule has 3 atom stereocenters. The summed E-state index contributed by atoms with van der Waals surface area (Å²) in [6.45, 7) is 5.51. The van der Waals surface area contributed by atoms with Crippen molar-refractivity contribution in [2.45, 2.75) is 25.2 Å². The molecular weight excluding hydrogens is 328 g/mol. The van der Waals surface area contributed by atoms with Crippen LogP contribution in [-0.2, 0) is 14.3 Å². The van der Waals surface area contributed by atoms with Crippen molar-refractivity contribution in [3.8, 4) is 0 Å². The minimum atomic E-state index is -1.29. The van der Waals surface area contributed by atoms with Gasteiger partial charge in [0.1, 0.15) is 6.61 Å². The molecule has 0 radical (unpaired) electrons. The van der Waals surface area contributed by atoms with E-state index in [0.29, 0.717) is 6.42 Å². The molecule has 0 aliphatic rings. The molecule has 0 heterocycles. The molecule has 4 nitrogen and oxygen atoms in total. The lowest BCUT2D eigenvalue weighted by Gasteiger charge is -2.31. The number of aliphatic carboxylic acids is 1. The van der Waals surface area contributed by atoms with Gasteiger partial charge in [0, 0.05) is 5.92 Å². The van der Waals surface area contributed by atoms with Gasteiger partial charge in [-0.15, -0.1) is 0 Å². The van der Waals surface area contributed by atoms with Gasteiger partial charge in [-0.05, 0) is 23.5 Å². The Hall–Kier alpha value is -2.88. The zero-order valence-electron chi connectivity index (χ0n) is 14.9. The van der Waals surface area contributed by atoms with Crippen molar-refractivity contribution < 1.29 is 19.4 Å². The molecule has 2 aromatic carbocycles. The first-order valence-corrected chi connectivity index (χ1v) is 8.70. The van der Waals surface area contributed by atoms with Crippen molar-refractivity contribution >= 4 is 11.9 Å². The van der Waals surface area contributed by atoms with E-state index in [4.69, 9.17) is 4.74 Å². The molecule has 0 aromatic heterocycles. The van der Waals surface area contributed by atoms with E-state index in [-0.39, 0.29) is 12.5 Å². The summed E-state index contributed by atoms with van der Waals surface area (Å²) in [4.78, 5) is 24.6. The fourth-order valence-corrected chi connectivity index (χ4v) is 3.36. The lowest BCUT2D eigenvalue weighted by atomic mass is 9.72. The molecule has 0 aliphatic carbocycles. The highest BCUT2D eigenvalue weighted by Crippen LogP contribution is 2.41. The number of carboxylic acid groups (broad SMARTS) is 1. The first-order valence-electron chi connectivity index (χ1n) is 8.70. The van der Waals surface area contributed by atoms with E-state index >= 15 is 0 Å². The lowest BCUT2D eigenvalue weighted by Crippen LogP contribution is -2.34. The molecule has 4 heteroatoms. The van der Waals surface area contributed by atoms with Crippen LogP contribution in [0.1, 0.15) is 36.3 Å². The molecule has 0 fully saturated rings. The Kier molecular flexibility index (Phi) is 7.15. The SMILES string of the molecule is C=CCOC(=O)C(C(=O)O)C(c1ccccc1)C(CC)c1ccccc1. The van der Waals surface area contributed by atoms with E-state index in [2.05, 4.69) is 6.58 Å². The highest BCUT2D eigenvalue weighted by Gasteiger charge is 2.41.